The molecule has 0 atom stereocenters. The molecule has 24 heavy (non-hydrogen) atoms. The first-order chi connectivity index (χ1) is 11.7. The molecule has 1 heterocycles. The Balaban J connectivity index is 1.49. The molecule has 4 nitrogen and oxygen atoms in total. The Morgan fingerprint density at radius 3 is 2.62 bits per heavy atom. The van der Waals surface area contributed by atoms with Crippen molar-refractivity contribution in [2.24, 2.45) is 0 Å². The van der Waals surface area contributed by atoms with Crippen LogP contribution in [0.25, 0.3) is 0 Å². The van der Waals surface area contributed by atoms with Crippen LogP contribution in [0.1, 0.15) is 12.8 Å². The highest BCUT2D eigenvalue weighted by Gasteiger charge is 2.11. The number of hydrogen-bond donors (Lipinski definition) is 1. The highest BCUT2D eigenvalue weighted by Crippen LogP contribution is 2.32. The van der Waals surface area contributed by atoms with E-state index >= 15 is 0 Å². The van der Waals surface area contributed by atoms with E-state index in [1.807, 2.05) is 42.5 Å². The number of nitrogens with one attached hydrogen (secondary N) is 1. The van der Waals surface area contributed by atoms with Crippen LogP contribution in [-0.4, -0.2) is 24.9 Å². The van der Waals surface area contributed by atoms with Crippen molar-refractivity contribution in [3.05, 3.63) is 46.9 Å². The maximum absolute atomic E-state index is 12.1. The van der Waals surface area contributed by atoms with E-state index in [1.54, 1.807) is 11.8 Å². The smallest absolute Gasteiger partial charge is 0.225 e. The van der Waals surface area contributed by atoms with Gasteiger partial charge in [-0.25, -0.2) is 0 Å². The summed E-state index contributed by atoms with van der Waals surface area (Å²) in [7, 11) is 0. The molecular weight excluding hydrogens is 390 g/mol. The van der Waals surface area contributed by atoms with Crippen LogP contribution >= 0.6 is 27.7 Å². The molecule has 3 rings (SSSR count). The lowest BCUT2D eigenvalue weighted by Crippen LogP contribution is -2.12. The van der Waals surface area contributed by atoms with Crippen LogP contribution in [0.2, 0.25) is 0 Å². The van der Waals surface area contributed by atoms with Gasteiger partial charge >= 0.3 is 0 Å². The Kier molecular flexibility index (Phi) is 6.04. The van der Waals surface area contributed by atoms with Crippen molar-refractivity contribution in [1.82, 2.24) is 0 Å². The van der Waals surface area contributed by atoms with Crippen molar-refractivity contribution >= 4 is 39.3 Å². The number of halogens is 1. The first-order valence-electron chi connectivity index (χ1n) is 7.78. The van der Waals surface area contributed by atoms with Gasteiger partial charge in [0.1, 0.15) is 0 Å². The summed E-state index contributed by atoms with van der Waals surface area (Å²) in [5.74, 6) is 2.15. The summed E-state index contributed by atoms with van der Waals surface area (Å²) in [4.78, 5) is 13.2. The fraction of sp³-hybridized carbons (Fsp3) is 0.278. The summed E-state index contributed by atoms with van der Waals surface area (Å²) in [6.07, 6.45) is 1.32. The van der Waals surface area contributed by atoms with Crippen molar-refractivity contribution in [2.45, 2.75) is 17.7 Å². The van der Waals surface area contributed by atoms with Gasteiger partial charge in [0.05, 0.1) is 13.2 Å². The van der Waals surface area contributed by atoms with E-state index in [-0.39, 0.29) is 5.91 Å². The van der Waals surface area contributed by atoms with Gasteiger partial charge in [-0.15, -0.1) is 11.8 Å². The number of carbonyl (C=O) groups excluding carboxylic acids is 1. The van der Waals surface area contributed by atoms with Crippen LogP contribution in [0, 0.1) is 0 Å². The quantitative estimate of drug-likeness (QED) is 0.727. The zero-order valence-electron chi connectivity index (χ0n) is 13.1. The van der Waals surface area contributed by atoms with E-state index in [2.05, 4.69) is 21.2 Å². The molecule has 2 aromatic carbocycles. The van der Waals surface area contributed by atoms with Gasteiger partial charge in [0.25, 0.3) is 0 Å². The van der Waals surface area contributed by atoms with Crippen molar-refractivity contribution in [3.63, 3.8) is 0 Å². The number of amides is 1. The SMILES string of the molecule is O=C(CCSc1ccc(Br)cc1)Nc1ccc2c(c1)OCCCO2. The molecule has 1 aliphatic heterocycles. The van der Waals surface area contributed by atoms with Gasteiger partial charge in [-0.05, 0) is 36.4 Å². The average Bonchev–Trinajstić information content (AvgIpc) is 2.81. The standard InChI is InChI=1S/C18H18BrNO3S/c19-13-2-5-15(6-3-13)24-11-8-18(21)20-14-4-7-16-17(12-14)23-10-1-9-22-16/h2-7,12H,1,8-11H2,(H,20,21). The lowest BCUT2D eigenvalue weighted by atomic mass is 10.2. The van der Waals surface area contributed by atoms with Gasteiger partial charge in [0, 0.05) is 39.7 Å². The third kappa shape index (κ3) is 4.92. The van der Waals surface area contributed by atoms with E-state index < -0.39 is 0 Å². The number of ether oxygens (including phenoxy) is 2. The molecule has 1 amide bonds. The van der Waals surface area contributed by atoms with Crippen LogP contribution in [0.4, 0.5) is 5.69 Å². The number of anilines is 1. The minimum Gasteiger partial charge on any atom is -0.490 e. The molecule has 6 heteroatoms. The Morgan fingerprint density at radius 1 is 1.08 bits per heavy atom. The third-order valence-electron chi connectivity index (χ3n) is 3.44. The summed E-state index contributed by atoms with van der Waals surface area (Å²) in [5, 5.41) is 2.91. The second-order valence-corrected chi connectivity index (χ2v) is 7.40. The van der Waals surface area contributed by atoms with Gasteiger partial charge < -0.3 is 14.8 Å². The van der Waals surface area contributed by atoms with E-state index in [4.69, 9.17) is 9.47 Å². The minimum atomic E-state index is -0.00546. The maximum atomic E-state index is 12.1. The van der Waals surface area contributed by atoms with Crippen LogP contribution in [0.15, 0.2) is 51.8 Å². The number of benzene rings is 2. The molecule has 0 saturated carbocycles. The molecule has 0 aromatic heterocycles. The maximum Gasteiger partial charge on any atom is 0.225 e. The first kappa shape index (κ1) is 17.2. The molecule has 0 radical (unpaired) electrons. The average molecular weight is 408 g/mol. The van der Waals surface area contributed by atoms with Gasteiger partial charge in [-0.3, -0.25) is 4.79 Å². The number of fused-ring (bicyclic) bond motifs is 1. The van der Waals surface area contributed by atoms with Gasteiger partial charge in [0.2, 0.25) is 5.91 Å². The molecule has 1 N–H and O–H groups in total. The van der Waals surface area contributed by atoms with E-state index in [0.29, 0.717) is 25.4 Å². The van der Waals surface area contributed by atoms with E-state index in [1.165, 1.54) is 0 Å². The highest BCUT2D eigenvalue weighted by molar-refractivity contribution is 9.10. The van der Waals surface area contributed by atoms with E-state index in [0.717, 1.165) is 33.0 Å². The fourth-order valence-electron chi connectivity index (χ4n) is 2.26. The zero-order valence-corrected chi connectivity index (χ0v) is 15.5. The number of hydrogen-bond acceptors (Lipinski definition) is 4. The monoisotopic (exact) mass is 407 g/mol. The summed E-state index contributed by atoms with van der Waals surface area (Å²) in [6.45, 7) is 1.29. The van der Waals surface area contributed by atoms with Crippen molar-refractivity contribution < 1.29 is 14.3 Å². The predicted octanol–water partition coefficient (Wildman–Crippen LogP) is 4.73. The van der Waals surface area contributed by atoms with Crippen LogP contribution in [0.5, 0.6) is 11.5 Å². The normalized spacial score (nSPS) is 13.2. The van der Waals surface area contributed by atoms with Gasteiger partial charge in [0.15, 0.2) is 11.5 Å². The lowest BCUT2D eigenvalue weighted by Gasteiger charge is -2.10. The summed E-state index contributed by atoms with van der Waals surface area (Å²) >= 11 is 5.08. The number of thioether (sulfide) groups is 1. The zero-order chi connectivity index (χ0) is 16.8. The predicted molar refractivity (Wildman–Crippen MR) is 100 cm³/mol. The Bertz CT molecular complexity index is 706. The van der Waals surface area contributed by atoms with Crippen LogP contribution in [-0.2, 0) is 4.79 Å². The summed E-state index contributed by atoms with van der Waals surface area (Å²) < 4.78 is 12.3. The van der Waals surface area contributed by atoms with E-state index in [9.17, 15) is 4.79 Å². The van der Waals surface area contributed by atoms with Gasteiger partial charge in [-0.1, -0.05) is 15.9 Å². The van der Waals surface area contributed by atoms with Crippen molar-refractivity contribution in [3.8, 4) is 11.5 Å². The molecular formula is C18H18BrNO3S. The lowest BCUT2D eigenvalue weighted by molar-refractivity contribution is -0.115. The fourth-order valence-corrected chi connectivity index (χ4v) is 3.37. The van der Waals surface area contributed by atoms with Crippen molar-refractivity contribution in [1.29, 1.82) is 0 Å². The summed E-state index contributed by atoms with van der Waals surface area (Å²) in [5.41, 5.74) is 0.734. The molecule has 2 aromatic rings. The Morgan fingerprint density at radius 2 is 1.83 bits per heavy atom. The van der Waals surface area contributed by atoms with Crippen molar-refractivity contribution in [2.75, 3.05) is 24.3 Å². The second kappa shape index (κ2) is 8.44. The highest BCUT2D eigenvalue weighted by atomic mass is 79.9. The molecule has 0 bridgehead atoms. The first-order valence-corrected chi connectivity index (χ1v) is 9.56. The van der Waals surface area contributed by atoms with Crippen LogP contribution in [0.3, 0.4) is 0 Å². The molecule has 0 aliphatic carbocycles. The minimum absolute atomic E-state index is 0.00546. The van der Waals surface area contributed by atoms with Crippen LogP contribution < -0.4 is 14.8 Å². The molecule has 0 saturated heterocycles. The number of carbonyl (C=O) groups is 1. The molecule has 1 aliphatic rings. The number of rotatable bonds is 5. The second-order valence-electron chi connectivity index (χ2n) is 5.31. The largest absolute Gasteiger partial charge is 0.490 e. The molecule has 0 fully saturated rings. The van der Waals surface area contributed by atoms with Gasteiger partial charge in [-0.2, -0.15) is 0 Å². The summed E-state index contributed by atoms with van der Waals surface area (Å²) in [6, 6.07) is 13.6. The topological polar surface area (TPSA) is 47.6 Å². The Labute approximate surface area is 154 Å². The Hall–Kier alpha value is -1.66. The third-order valence-corrected chi connectivity index (χ3v) is 4.99. The molecule has 0 spiro atoms. The molecule has 126 valence electrons. The molecule has 0 unspecified atom stereocenters.